The molecule has 3 rings (SSSR count). The summed E-state index contributed by atoms with van der Waals surface area (Å²) in [6.45, 7) is 0. The van der Waals surface area contributed by atoms with Crippen LogP contribution in [0.3, 0.4) is 0 Å². The van der Waals surface area contributed by atoms with Crippen LogP contribution in [0, 0.1) is 0 Å². The molecule has 1 aromatic heterocycles. The topological polar surface area (TPSA) is 74.2 Å². The first-order chi connectivity index (χ1) is 9.64. The van der Waals surface area contributed by atoms with Crippen LogP contribution in [0.2, 0.25) is 5.02 Å². The van der Waals surface area contributed by atoms with Crippen molar-refractivity contribution in [3.05, 3.63) is 29.0 Å². The monoisotopic (exact) mass is 293 g/mol. The van der Waals surface area contributed by atoms with Gasteiger partial charge < -0.3 is 15.0 Å². The summed E-state index contributed by atoms with van der Waals surface area (Å²) in [4.78, 5) is 4.47. The van der Waals surface area contributed by atoms with Gasteiger partial charge in [0.25, 0.3) is 5.89 Å². The number of nitrogens with zero attached hydrogens (tertiary/aromatic N) is 2. The zero-order valence-electron chi connectivity index (χ0n) is 11.2. The van der Waals surface area contributed by atoms with Crippen LogP contribution in [0.15, 0.2) is 22.7 Å². The van der Waals surface area contributed by atoms with Gasteiger partial charge in [0, 0.05) is 17.8 Å². The summed E-state index contributed by atoms with van der Waals surface area (Å²) in [6, 6.07) is 5.18. The highest BCUT2D eigenvalue weighted by Crippen LogP contribution is 2.41. The molecule has 1 heterocycles. The number of anilines is 1. The molecule has 0 saturated heterocycles. The SMILES string of the molecule is COC1(c2noc(-c3cc(Cl)ccc3N)n2)CCCC1. The summed E-state index contributed by atoms with van der Waals surface area (Å²) in [7, 11) is 1.69. The van der Waals surface area contributed by atoms with E-state index in [9.17, 15) is 0 Å². The largest absolute Gasteiger partial charge is 0.398 e. The molecule has 1 aliphatic carbocycles. The number of nitrogens with two attached hydrogens (primary N) is 1. The highest BCUT2D eigenvalue weighted by atomic mass is 35.5. The van der Waals surface area contributed by atoms with Gasteiger partial charge in [-0.25, -0.2) is 0 Å². The first kappa shape index (κ1) is 13.4. The minimum absolute atomic E-state index is 0.378. The molecule has 0 amide bonds. The van der Waals surface area contributed by atoms with Crippen molar-refractivity contribution >= 4 is 17.3 Å². The van der Waals surface area contributed by atoms with Crippen molar-refractivity contribution in [1.29, 1.82) is 0 Å². The third-order valence-corrected chi connectivity index (χ3v) is 4.12. The molecule has 106 valence electrons. The average molecular weight is 294 g/mol. The van der Waals surface area contributed by atoms with Gasteiger partial charge in [0.15, 0.2) is 0 Å². The van der Waals surface area contributed by atoms with Crippen molar-refractivity contribution in [2.45, 2.75) is 31.3 Å². The summed E-state index contributed by atoms with van der Waals surface area (Å²) in [5, 5.41) is 4.66. The molecule has 0 atom stereocenters. The van der Waals surface area contributed by atoms with Gasteiger partial charge in [0.2, 0.25) is 5.82 Å². The van der Waals surface area contributed by atoms with Crippen LogP contribution in [-0.2, 0) is 10.3 Å². The maximum absolute atomic E-state index is 5.99. The van der Waals surface area contributed by atoms with E-state index in [2.05, 4.69) is 10.1 Å². The van der Waals surface area contributed by atoms with Crippen molar-refractivity contribution in [1.82, 2.24) is 10.1 Å². The van der Waals surface area contributed by atoms with E-state index >= 15 is 0 Å². The Hall–Kier alpha value is -1.59. The van der Waals surface area contributed by atoms with Gasteiger partial charge in [0.1, 0.15) is 5.60 Å². The highest BCUT2D eigenvalue weighted by Gasteiger charge is 2.40. The Morgan fingerprint density at radius 1 is 1.35 bits per heavy atom. The zero-order chi connectivity index (χ0) is 14.2. The van der Waals surface area contributed by atoms with Crippen LogP contribution in [0.4, 0.5) is 5.69 Å². The normalized spacial score (nSPS) is 17.5. The molecule has 1 saturated carbocycles. The van der Waals surface area contributed by atoms with Crippen LogP contribution >= 0.6 is 11.6 Å². The van der Waals surface area contributed by atoms with Gasteiger partial charge in [-0.05, 0) is 43.9 Å². The fraction of sp³-hybridized carbons (Fsp3) is 0.429. The molecular weight excluding hydrogens is 278 g/mol. The van der Waals surface area contributed by atoms with Crippen LogP contribution in [0.25, 0.3) is 11.5 Å². The van der Waals surface area contributed by atoms with Crippen LogP contribution in [0.5, 0.6) is 0 Å². The quantitative estimate of drug-likeness (QED) is 0.878. The second-order valence-corrected chi connectivity index (χ2v) is 5.50. The number of hydrogen-bond donors (Lipinski definition) is 1. The third kappa shape index (κ3) is 2.17. The fourth-order valence-electron chi connectivity index (χ4n) is 2.70. The molecule has 1 aromatic carbocycles. The van der Waals surface area contributed by atoms with Gasteiger partial charge in [-0.15, -0.1) is 0 Å². The van der Waals surface area contributed by atoms with E-state index in [1.807, 2.05) is 0 Å². The number of methoxy groups -OCH3 is 1. The van der Waals surface area contributed by atoms with Gasteiger partial charge in [-0.2, -0.15) is 4.98 Å². The van der Waals surface area contributed by atoms with Gasteiger partial charge >= 0.3 is 0 Å². The molecule has 6 heteroatoms. The summed E-state index contributed by atoms with van der Waals surface area (Å²) >= 11 is 5.99. The maximum atomic E-state index is 5.99. The van der Waals surface area contributed by atoms with Crippen molar-refractivity contribution in [3.63, 3.8) is 0 Å². The molecule has 20 heavy (non-hydrogen) atoms. The van der Waals surface area contributed by atoms with E-state index in [0.717, 1.165) is 25.7 Å². The Kier molecular flexibility index (Phi) is 3.40. The first-order valence-electron chi connectivity index (χ1n) is 6.59. The molecule has 0 bridgehead atoms. The Bertz CT molecular complexity index is 621. The molecule has 0 aliphatic heterocycles. The van der Waals surface area contributed by atoms with E-state index in [0.29, 0.717) is 28.0 Å². The standard InChI is InChI=1S/C14H16ClN3O2/c1-19-14(6-2-3-7-14)13-17-12(20-18-13)10-8-9(15)4-5-11(10)16/h4-5,8H,2-3,6-7,16H2,1H3. The van der Waals surface area contributed by atoms with E-state index in [1.165, 1.54) is 0 Å². The lowest BCUT2D eigenvalue weighted by atomic mass is 10.0. The summed E-state index contributed by atoms with van der Waals surface area (Å²) in [6.07, 6.45) is 4.04. The maximum Gasteiger partial charge on any atom is 0.260 e. The lowest BCUT2D eigenvalue weighted by molar-refractivity contribution is -0.0178. The van der Waals surface area contributed by atoms with Crippen molar-refractivity contribution in [2.75, 3.05) is 12.8 Å². The van der Waals surface area contributed by atoms with Crippen molar-refractivity contribution in [3.8, 4) is 11.5 Å². The van der Waals surface area contributed by atoms with Crippen LogP contribution in [-0.4, -0.2) is 17.3 Å². The Morgan fingerprint density at radius 2 is 2.10 bits per heavy atom. The van der Waals surface area contributed by atoms with Crippen LogP contribution < -0.4 is 5.73 Å². The number of ether oxygens (including phenoxy) is 1. The van der Waals surface area contributed by atoms with Gasteiger partial charge in [-0.3, -0.25) is 0 Å². The molecule has 5 nitrogen and oxygen atoms in total. The summed E-state index contributed by atoms with van der Waals surface area (Å²) in [5.74, 6) is 0.968. The average Bonchev–Trinajstić information content (AvgIpc) is 3.10. The van der Waals surface area contributed by atoms with Gasteiger partial charge in [0.05, 0.1) is 5.56 Å². The Morgan fingerprint density at radius 3 is 2.80 bits per heavy atom. The number of aromatic nitrogens is 2. The zero-order valence-corrected chi connectivity index (χ0v) is 12.0. The Labute approximate surface area is 122 Å². The fourth-order valence-corrected chi connectivity index (χ4v) is 2.87. The van der Waals surface area contributed by atoms with Crippen molar-refractivity contribution < 1.29 is 9.26 Å². The van der Waals surface area contributed by atoms with Crippen LogP contribution in [0.1, 0.15) is 31.5 Å². The number of hydrogen-bond acceptors (Lipinski definition) is 5. The van der Waals surface area contributed by atoms with Crippen molar-refractivity contribution in [2.24, 2.45) is 0 Å². The molecule has 0 radical (unpaired) electrons. The predicted molar refractivity (Wildman–Crippen MR) is 76.3 cm³/mol. The molecular formula is C14H16ClN3O2. The summed E-state index contributed by atoms with van der Waals surface area (Å²) in [5.41, 5.74) is 6.72. The van der Waals surface area contributed by atoms with E-state index in [4.69, 9.17) is 26.6 Å². The molecule has 2 N–H and O–H groups in total. The Balaban J connectivity index is 2.00. The molecule has 0 unspecified atom stereocenters. The number of benzene rings is 1. The minimum atomic E-state index is -0.422. The van der Waals surface area contributed by atoms with E-state index < -0.39 is 5.60 Å². The number of halogens is 1. The van der Waals surface area contributed by atoms with E-state index in [-0.39, 0.29) is 0 Å². The lowest BCUT2D eigenvalue weighted by Gasteiger charge is -2.22. The summed E-state index contributed by atoms with van der Waals surface area (Å²) < 4.78 is 11.0. The molecule has 2 aromatic rings. The molecule has 1 fully saturated rings. The second-order valence-electron chi connectivity index (χ2n) is 5.06. The smallest absolute Gasteiger partial charge is 0.260 e. The lowest BCUT2D eigenvalue weighted by Crippen LogP contribution is -2.25. The predicted octanol–water partition coefficient (Wildman–Crippen LogP) is 3.39. The third-order valence-electron chi connectivity index (χ3n) is 3.88. The second kappa shape index (κ2) is 5.07. The number of nitrogen functional groups attached to an aromatic ring is 1. The van der Waals surface area contributed by atoms with Gasteiger partial charge in [-0.1, -0.05) is 16.8 Å². The minimum Gasteiger partial charge on any atom is -0.398 e. The molecule has 0 spiro atoms. The highest BCUT2D eigenvalue weighted by molar-refractivity contribution is 6.31. The first-order valence-corrected chi connectivity index (χ1v) is 6.97. The number of rotatable bonds is 3. The van der Waals surface area contributed by atoms with E-state index in [1.54, 1.807) is 25.3 Å². The molecule has 1 aliphatic rings.